The lowest BCUT2D eigenvalue weighted by atomic mass is 10.1. The molecular weight excluding hydrogens is 292 g/mol. The minimum Gasteiger partial charge on any atom is -0.508 e. The zero-order valence-corrected chi connectivity index (χ0v) is 11.8. The predicted octanol–water partition coefficient (Wildman–Crippen LogP) is 4.17. The molecule has 1 N–H and O–H groups in total. The summed E-state index contributed by atoms with van der Waals surface area (Å²) in [6.45, 7) is 2.49. The van der Waals surface area contributed by atoms with E-state index in [9.17, 15) is 5.11 Å². The molecular formula is C15H15BrO2. The third kappa shape index (κ3) is 3.05. The van der Waals surface area contributed by atoms with Gasteiger partial charge in [0.1, 0.15) is 18.1 Å². The largest absolute Gasteiger partial charge is 0.508 e. The second kappa shape index (κ2) is 5.91. The molecule has 94 valence electrons. The van der Waals surface area contributed by atoms with E-state index in [1.807, 2.05) is 37.3 Å². The maximum Gasteiger partial charge on any atom is 0.126 e. The topological polar surface area (TPSA) is 29.5 Å². The molecule has 0 heterocycles. The van der Waals surface area contributed by atoms with Crippen molar-refractivity contribution in [3.8, 4) is 11.5 Å². The molecule has 0 unspecified atom stereocenters. The van der Waals surface area contributed by atoms with Crippen LogP contribution in [0, 0.1) is 6.92 Å². The number of phenolic OH excluding ortho intramolecular Hbond substituents is 1. The van der Waals surface area contributed by atoms with Crippen LogP contribution in [-0.2, 0) is 11.9 Å². The van der Waals surface area contributed by atoms with E-state index in [0.29, 0.717) is 6.61 Å². The first-order valence-corrected chi connectivity index (χ1v) is 6.88. The van der Waals surface area contributed by atoms with Gasteiger partial charge in [-0.1, -0.05) is 46.3 Å². The normalized spacial score (nSPS) is 10.3. The predicted molar refractivity (Wildman–Crippen MR) is 76.2 cm³/mol. The number of hydrogen-bond donors (Lipinski definition) is 1. The third-order valence-corrected chi connectivity index (χ3v) is 3.34. The molecule has 2 aromatic carbocycles. The number of aromatic hydroxyl groups is 1. The Kier molecular flexibility index (Phi) is 4.26. The van der Waals surface area contributed by atoms with E-state index >= 15 is 0 Å². The van der Waals surface area contributed by atoms with Crippen molar-refractivity contribution >= 4 is 15.9 Å². The van der Waals surface area contributed by atoms with E-state index in [4.69, 9.17) is 4.74 Å². The Bertz CT molecular complexity index is 538. The molecule has 0 bridgehead atoms. The molecule has 3 heteroatoms. The number of hydrogen-bond acceptors (Lipinski definition) is 2. The number of aryl methyl sites for hydroxylation is 1. The fourth-order valence-electron chi connectivity index (χ4n) is 1.83. The van der Waals surface area contributed by atoms with Crippen LogP contribution in [0.4, 0.5) is 0 Å². The second-order valence-corrected chi connectivity index (χ2v) is 4.72. The van der Waals surface area contributed by atoms with Gasteiger partial charge in [0.05, 0.1) is 0 Å². The smallest absolute Gasteiger partial charge is 0.126 e. The van der Waals surface area contributed by atoms with Crippen LogP contribution in [0.2, 0.25) is 0 Å². The molecule has 0 aliphatic carbocycles. The van der Waals surface area contributed by atoms with Crippen LogP contribution in [0.5, 0.6) is 11.5 Å². The number of para-hydroxylation sites is 1. The van der Waals surface area contributed by atoms with Crippen LogP contribution in [0.3, 0.4) is 0 Å². The van der Waals surface area contributed by atoms with Crippen molar-refractivity contribution in [3.63, 3.8) is 0 Å². The van der Waals surface area contributed by atoms with Crippen LogP contribution < -0.4 is 4.74 Å². The van der Waals surface area contributed by atoms with Crippen molar-refractivity contribution < 1.29 is 9.84 Å². The average molecular weight is 307 g/mol. The van der Waals surface area contributed by atoms with Crippen LogP contribution in [-0.4, -0.2) is 5.11 Å². The first-order valence-electron chi connectivity index (χ1n) is 5.76. The van der Waals surface area contributed by atoms with E-state index in [0.717, 1.165) is 27.8 Å². The summed E-state index contributed by atoms with van der Waals surface area (Å²) in [5.41, 5.74) is 3.21. The second-order valence-electron chi connectivity index (χ2n) is 4.16. The number of phenols is 1. The summed E-state index contributed by atoms with van der Waals surface area (Å²) in [4.78, 5) is 0. The summed E-state index contributed by atoms with van der Waals surface area (Å²) in [6, 6.07) is 13.2. The highest BCUT2D eigenvalue weighted by atomic mass is 79.9. The van der Waals surface area contributed by atoms with Crippen molar-refractivity contribution in [3.05, 3.63) is 59.2 Å². The molecule has 0 aliphatic rings. The number of ether oxygens (including phenoxy) is 1. The minimum atomic E-state index is 0.265. The maximum absolute atomic E-state index is 9.40. The van der Waals surface area contributed by atoms with Crippen LogP contribution >= 0.6 is 15.9 Å². The molecule has 0 aromatic heterocycles. The summed E-state index contributed by atoms with van der Waals surface area (Å²) < 4.78 is 5.86. The van der Waals surface area contributed by atoms with Gasteiger partial charge in [-0.15, -0.1) is 0 Å². The van der Waals surface area contributed by atoms with Gasteiger partial charge in [0.15, 0.2) is 0 Å². The SMILES string of the molecule is Cc1cccc(CBr)c1OCc1cccc(O)c1. The summed E-state index contributed by atoms with van der Waals surface area (Å²) >= 11 is 3.46. The lowest BCUT2D eigenvalue weighted by Gasteiger charge is -2.13. The molecule has 0 saturated carbocycles. The van der Waals surface area contributed by atoms with E-state index in [1.54, 1.807) is 12.1 Å². The number of alkyl halides is 1. The van der Waals surface area contributed by atoms with Gasteiger partial charge in [-0.2, -0.15) is 0 Å². The molecule has 0 spiro atoms. The highest BCUT2D eigenvalue weighted by molar-refractivity contribution is 9.08. The highest BCUT2D eigenvalue weighted by Gasteiger charge is 2.06. The van der Waals surface area contributed by atoms with Crippen LogP contribution in [0.25, 0.3) is 0 Å². The molecule has 2 nitrogen and oxygen atoms in total. The molecule has 0 radical (unpaired) electrons. The lowest BCUT2D eigenvalue weighted by Crippen LogP contribution is -1.99. The van der Waals surface area contributed by atoms with Gasteiger partial charge in [0.25, 0.3) is 0 Å². The average Bonchev–Trinajstić information content (AvgIpc) is 2.37. The Morgan fingerprint density at radius 3 is 2.67 bits per heavy atom. The Balaban J connectivity index is 2.15. The zero-order valence-electron chi connectivity index (χ0n) is 10.2. The number of rotatable bonds is 4. The fraction of sp³-hybridized carbons (Fsp3) is 0.200. The molecule has 0 fully saturated rings. The Hall–Kier alpha value is -1.48. The monoisotopic (exact) mass is 306 g/mol. The van der Waals surface area contributed by atoms with Crippen molar-refractivity contribution in [1.82, 2.24) is 0 Å². The molecule has 0 saturated heterocycles. The summed E-state index contributed by atoms with van der Waals surface area (Å²) in [5, 5.41) is 10.2. The summed E-state index contributed by atoms with van der Waals surface area (Å²) in [5.74, 6) is 1.18. The first-order chi connectivity index (χ1) is 8.70. The van der Waals surface area contributed by atoms with Crippen molar-refractivity contribution in [1.29, 1.82) is 0 Å². The van der Waals surface area contributed by atoms with Gasteiger partial charge in [0, 0.05) is 10.9 Å². The van der Waals surface area contributed by atoms with E-state index < -0.39 is 0 Å². The van der Waals surface area contributed by atoms with E-state index in [2.05, 4.69) is 15.9 Å². The molecule has 0 atom stereocenters. The third-order valence-electron chi connectivity index (χ3n) is 2.73. The molecule has 2 aromatic rings. The van der Waals surface area contributed by atoms with Crippen molar-refractivity contribution in [2.45, 2.75) is 18.9 Å². The van der Waals surface area contributed by atoms with Crippen molar-refractivity contribution in [2.24, 2.45) is 0 Å². The van der Waals surface area contributed by atoms with Gasteiger partial charge in [-0.25, -0.2) is 0 Å². The molecule has 2 rings (SSSR count). The van der Waals surface area contributed by atoms with Crippen LogP contribution in [0.15, 0.2) is 42.5 Å². The Morgan fingerprint density at radius 1 is 1.17 bits per heavy atom. The fourth-order valence-corrected chi connectivity index (χ4v) is 2.27. The van der Waals surface area contributed by atoms with Gasteiger partial charge in [-0.05, 0) is 30.2 Å². The number of benzene rings is 2. The lowest BCUT2D eigenvalue weighted by molar-refractivity contribution is 0.301. The van der Waals surface area contributed by atoms with Gasteiger partial charge >= 0.3 is 0 Å². The molecule has 18 heavy (non-hydrogen) atoms. The van der Waals surface area contributed by atoms with Crippen LogP contribution in [0.1, 0.15) is 16.7 Å². The zero-order chi connectivity index (χ0) is 13.0. The minimum absolute atomic E-state index is 0.265. The van der Waals surface area contributed by atoms with Gasteiger partial charge in [0.2, 0.25) is 0 Å². The standard InChI is InChI=1S/C15H15BrO2/c1-11-4-2-6-13(9-16)15(11)18-10-12-5-3-7-14(17)8-12/h2-8,17H,9-10H2,1H3. The summed E-state index contributed by atoms with van der Waals surface area (Å²) in [7, 11) is 0. The first kappa shape index (κ1) is 13.0. The highest BCUT2D eigenvalue weighted by Crippen LogP contribution is 2.26. The van der Waals surface area contributed by atoms with E-state index in [1.165, 1.54) is 0 Å². The van der Waals surface area contributed by atoms with Gasteiger partial charge in [-0.3, -0.25) is 0 Å². The molecule has 0 aliphatic heterocycles. The molecule has 0 amide bonds. The Morgan fingerprint density at radius 2 is 1.94 bits per heavy atom. The summed E-state index contributed by atoms with van der Waals surface area (Å²) in [6.07, 6.45) is 0. The van der Waals surface area contributed by atoms with E-state index in [-0.39, 0.29) is 5.75 Å². The Labute approximate surface area is 115 Å². The van der Waals surface area contributed by atoms with Crippen molar-refractivity contribution in [2.75, 3.05) is 0 Å². The maximum atomic E-state index is 9.40. The number of halogens is 1. The van der Waals surface area contributed by atoms with Gasteiger partial charge < -0.3 is 9.84 Å². The quantitative estimate of drug-likeness (QED) is 0.859.